The van der Waals surface area contributed by atoms with Crippen molar-refractivity contribution in [2.45, 2.75) is 0 Å². The number of pyridine rings is 1. The second-order valence-electron chi connectivity index (χ2n) is 3.37. The lowest BCUT2D eigenvalue weighted by molar-refractivity contribution is -0.384. The number of aliphatic carboxylic acids is 2. The number of rotatable bonds is 3. The van der Waals surface area contributed by atoms with Crippen LogP contribution in [-0.2, 0) is 19.2 Å². The number of nitro groups is 1. The molecule has 0 radical (unpaired) electrons. The van der Waals surface area contributed by atoms with Crippen molar-refractivity contribution < 1.29 is 34.3 Å². The van der Waals surface area contributed by atoms with Crippen molar-refractivity contribution in [3.63, 3.8) is 0 Å². The van der Waals surface area contributed by atoms with Crippen molar-refractivity contribution >= 4 is 41.1 Å². The van der Waals surface area contributed by atoms with Gasteiger partial charge in [0.15, 0.2) is 0 Å². The highest BCUT2D eigenvalue weighted by Crippen LogP contribution is 2.20. The lowest BCUT2D eigenvalue weighted by atomic mass is 10.3. The zero-order valence-corrected chi connectivity index (χ0v) is 9.89. The zero-order chi connectivity index (χ0) is 16.2. The number of aromatic nitrogens is 1. The van der Waals surface area contributed by atoms with E-state index in [1.54, 1.807) is 10.6 Å². The van der Waals surface area contributed by atoms with Gasteiger partial charge in [0.2, 0.25) is 0 Å². The Bertz CT molecular complexity index is 609. The number of nitrogens with one attached hydrogen (secondary N) is 2. The standard InChI is InChI=1S/C9H6N4O8/c14-6(8(16)17)11-4-1-3(13(20)21)2-5(10-4)12-7(15)9(18)19/h1-2H,(H,16,17)(H,18,19)(H2,10,11,12,14,15). The molecule has 1 aromatic heterocycles. The van der Waals surface area contributed by atoms with Gasteiger partial charge in [0.25, 0.3) is 5.69 Å². The van der Waals surface area contributed by atoms with Gasteiger partial charge in [-0.15, -0.1) is 0 Å². The van der Waals surface area contributed by atoms with Crippen LogP contribution in [0, 0.1) is 10.1 Å². The van der Waals surface area contributed by atoms with Crippen LogP contribution in [0.5, 0.6) is 0 Å². The summed E-state index contributed by atoms with van der Waals surface area (Å²) in [7, 11) is 0. The van der Waals surface area contributed by atoms with E-state index in [0.717, 1.165) is 12.1 Å². The molecule has 21 heavy (non-hydrogen) atoms. The van der Waals surface area contributed by atoms with E-state index in [1.807, 2.05) is 0 Å². The van der Waals surface area contributed by atoms with E-state index >= 15 is 0 Å². The predicted molar refractivity (Wildman–Crippen MR) is 63.4 cm³/mol. The molecular formula is C9H6N4O8. The smallest absolute Gasteiger partial charge is 0.394 e. The zero-order valence-electron chi connectivity index (χ0n) is 9.89. The minimum atomic E-state index is -1.86. The van der Waals surface area contributed by atoms with Gasteiger partial charge in [-0.2, -0.15) is 0 Å². The lowest BCUT2D eigenvalue weighted by Gasteiger charge is -2.05. The Kier molecular flexibility index (Phi) is 4.46. The second kappa shape index (κ2) is 6.05. The molecule has 0 aliphatic heterocycles. The summed E-state index contributed by atoms with van der Waals surface area (Å²) in [4.78, 5) is 55.8. The van der Waals surface area contributed by atoms with Crippen LogP contribution >= 0.6 is 0 Å². The molecule has 4 N–H and O–H groups in total. The van der Waals surface area contributed by atoms with E-state index < -0.39 is 46.0 Å². The molecule has 0 unspecified atom stereocenters. The van der Waals surface area contributed by atoms with Crippen LogP contribution in [0.2, 0.25) is 0 Å². The molecule has 0 aliphatic carbocycles. The Hall–Kier alpha value is -3.57. The number of hydrogen-bond acceptors (Lipinski definition) is 7. The van der Waals surface area contributed by atoms with Gasteiger partial charge in [0.1, 0.15) is 11.6 Å². The van der Waals surface area contributed by atoms with Crippen LogP contribution in [0.15, 0.2) is 12.1 Å². The quantitative estimate of drug-likeness (QED) is 0.309. The van der Waals surface area contributed by atoms with E-state index in [4.69, 9.17) is 10.2 Å². The number of carbonyl (C=O) groups is 4. The van der Waals surface area contributed by atoms with Crippen LogP contribution < -0.4 is 10.6 Å². The van der Waals surface area contributed by atoms with Gasteiger partial charge in [-0.05, 0) is 0 Å². The van der Waals surface area contributed by atoms with Crippen molar-refractivity contribution in [3.05, 3.63) is 22.2 Å². The van der Waals surface area contributed by atoms with Gasteiger partial charge < -0.3 is 20.8 Å². The SMILES string of the molecule is O=C(O)C(=O)Nc1cc([N+](=O)[O-])cc(NC(=O)C(=O)O)n1. The molecule has 1 heterocycles. The van der Waals surface area contributed by atoms with Crippen molar-refractivity contribution in [2.24, 2.45) is 0 Å². The maximum Gasteiger partial charge on any atom is 0.394 e. The molecule has 0 spiro atoms. The second-order valence-corrected chi connectivity index (χ2v) is 3.37. The summed E-state index contributed by atoms with van der Waals surface area (Å²) in [6, 6.07) is 1.47. The third kappa shape index (κ3) is 4.23. The molecule has 1 aromatic rings. The van der Waals surface area contributed by atoms with E-state index in [2.05, 4.69) is 4.98 Å². The number of anilines is 2. The third-order valence-electron chi connectivity index (χ3n) is 1.89. The molecule has 110 valence electrons. The Balaban J connectivity index is 3.14. The minimum absolute atomic E-state index is 0.544. The molecule has 0 atom stereocenters. The maximum atomic E-state index is 10.9. The number of hydrogen-bond donors (Lipinski definition) is 4. The monoisotopic (exact) mass is 298 g/mol. The Morgan fingerprint density at radius 2 is 1.38 bits per heavy atom. The summed E-state index contributed by atoms with van der Waals surface area (Å²) < 4.78 is 0. The fraction of sp³-hybridized carbons (Fsp3) is 0. The van der Waals surface area contributed by atoms with E-state index in [-0.39, 0.29) is 0 Å². The largest absolute Gasteiger partial charge is 0.474 e. The fourth-order valence-electron chi connectivity index (χ4n) is 1.09. The van der Waals surface area contributed by atoms with Crippen LogP contribution in [0.1, 0.15) is 0 Å². The molecule has 0 aliphatic rings. The summed E-state index contributed by atoms with van der Waals surface area (Å²) in [5, 5.41) is 30.9. The molecule has 0 aromatic carbocycles. The van der Waals surface area contributed by atoms with Gasteiger partial charge in [-0.25, -0.2) is 14.6 Å². The minimum Gasteiger partial charge on any atom is -0.474 e. The van der Waals surface area contributed by atoms with Gasteiger partial charge in [0.05, 0.1) is 17.1 Å². The van der Waals surface area contributed by atoms with Gasteiger partial charge >= 0.3 is 23.8 Å². The van der Waals surface area contributed by atoms with Crippen molar-refractivity contribution in [1.29, 1.82) is 0 Å². The molecule has 0 saturated heterocycles. The van der Waals surface area contributed by atoms with Crippen molar-refractivity contribution in [2.75, 3.05) is 10.6 Å². The summed E-state index contributed by atoms with van der Waals surface area (Å²) >= 11 is 0. The highest BCUT2D eigenvalue weighted by atomic mass is 16.6. The number of carbonyl (C=O) groups excluding carboxylic acids is 2. The fourth-order valence-corrected chi connectivity index (χ4v) is 1.09. The van der Waals surface area contributed by atoms with Crippen LogP contribution in [0.4, 0.5) is 17.3 Å². The number of carboxylic acid groups (broad SMARTS) is 2. The highest BCUT2D eigenvalue weighted by Gasteiger charge is 2.19. The molecule has 12 heteroatoms. The Labute approximate surface area is 114 Å². The Morgan fingerprint density at radius 3 is 1.67 bits per heavy atom. The maximum absolute atomic E-state index is 10.9. The van der Waals surface area contributed by atoms with Crippen molar-refractivity contribution in [3.8, 4) is 0 Å². The highest BCUT2D eigenvalue weighted by molar-refractivity contribution is 6.37. The molecule has 2 amide bonds. The van der Waals surface area contributed by atoms with Gasteiger partial charge in [-0.1, -0.05) is 0 Å². The number of amides is 2. The van der Waals surface area contributed by atoms with E-state index in [9.17, 15) is 29.3 Å². The van der Waals surface area contributed by atoms with E-state index in [1.165, 1.54) is 0 Å². The number of carboxylic acids is 2. The summed E-state index contributed by atoms with van der Waals surface area (Å²) in [6.07, 6.45) is 0. The number of nitrogens with zero attached hydrogens (tertiary/aromatic N) is 2. The molecule has 0 fully saturated rings. The third-order valence-corrected chi connectivity index (χ3v) is 1.89. The molecule has 0 saturated carbocycles. The first-order valence-electron chi connectivity index (χ1n) is 4.95. The summed E-state index contributed by atoms with van der Waals surface area (Å²) in [5.74, 6) is -7.84. The van der Waals surface area contributed by atoms with Crippen LogP contribution in [0.25, 0.3) is 0 Å². The molecule has 0 bridgehead atoms. The first kappa shape index (κ1) is 15.5. The first-order chi connectivity index (χ1) is 9.70. The van der Waals surface area contributed by atoms with E-state index in [0.29, 0.717) is 0 Å². The normalized spacial score (nSPS) is 9.52. The molecule has 12 nitrogen and oxygen atoms in total. The van der Waals surface area contributed by atoms with Crippen molar-refractivity contribution in [1.82, 2.24) is 4.98 Å². The average molecular weight is 298 g/mol. The molecule has 1 rings (SSSR count). The van der Waals surface area contributed by atoms with Gasteiger partial charge in [-0.3, -0.25) is 19.7 Å². The molecular weight excluding hydrogens is 292 g/mol. The predicted octanol–water partition coefficient (Wildman–Crippen LogP) is -0.964. The first-order valence-corrected chi connectivity index (χ1v) is 4.95. The van der Waals surface area contributed by atoms with Crippen LogP contribution in [-0.4, -0.2) is 43.9 Å². The van der Waals surface area contributed by atoms with Gasteiger partial charge in [0, 0.05) is 0 Å². The summed E-state index contributed by atoms with van der Waals surface area (Å²) in [6.45, 7) is 0. The average Bonchev–Trinajstić information content (AvgIpc) is 2.37. The lowest BCUT2D eigenvalue weighted by Crippen LogP contribution is -2.24. The Morgan fingerprint density at radius 1 is 1.00 bits per heavy atom. The summed E-state index contributed by atoms with van der Waals surface area (Å²) in [5.41, 5.74) is -0.647. The van der Waals surface area contributed by atoms with Crippen LogP contribution in [0.3, 0.4) is 0 Å². The topological polar surface area (TPSA) is 189 Å².